The molecule has 176 valence electrons. The lowest BCUT2D eigenvalue weighted by Gasteiger charge is -2.41. The first-order valence-electron chi connectivity index (χ1n) is 12.4. The minimum absolute atomic E-state index is 0.121. The van der Waals surface area contributed by atoms with Crippen LogP contribution in [-0.2, 0) is 4.79 Å². The molecule has 3 aliphatic rings. The Kier molecular flexibility index (Phi) is 8.14. The molecule has 1 aromatic rings. The largest absolute Gasteiger partial charge is 0.355 e. The van der Waals surface area contributed by atoms with Gasteiger partial charge in [-0.25, -0.2) is 4.39 Å². The quantitative estimate of drug-likeness (QED) is 0.733. The molecule has 1 aromatic carbocycles. The highest BCUT2D eigenvalue weighted by molar-refractivity contribution is 5.94. The van der Waals surface area contributed by atoms with Crippen LogP contribution in [0.2, 0.25) is 0 Å². The van der Waals surface area contributed by atoms with E-state index >= 15 is 0 Å². The molecule has 0 aromatic heterocycles. The molecule has 0 spiro atoms. The Morgan fingerprint density at radius 3 is 2.28 bits per heavy atom. The van der Waals surface area contributed by atoms with Crippen molar-refractivity contribution in [3.63, 3.8) is 0 Å². The highest BCUT2D eigenvalue weighted by Crippen LogP contribution is 2.25. The van der Waals surface area contributed by atoms with Crippen LogP contribution >= 0.6 is 0 Å². The first kappa shape index (κ1) is 23.2. The zero-order valence-electron chi connectivity index (χ0n) is 19.1. The van der Waals surface area contributed by atoms with Crippen LogP contribution in [0.5, 0.6) is 0 Å². The van der Waals surface area contributed by atoms with E-state index in [4.69, 9.17) is 0 Å². The normalized spacial score (nSPS) is 22.1. The van der Waals surface area contributed by atoms with Gasteiger partial charge >= 0.3 is 0 Å². The number of hydrogen-bond donors (Lipinski definition) is 1. The average Bonchev–Trinajstić information content (AvgIpc) is 2.85. The van der Waals surface area contributed by atoms with Gasteiger partial charge in [-0.15, -0.1) is 0 Å². The lowest BCUT2D eigenvalue weighted by molar-refractivity contribution is -0.126. The zero-order chi connectivity index (χ0) is 22.3. The van der Waals surface area contributed by atoms with E-state index in [1.54, 1.807) is 23.1 Å². The van der Waals surface area contributed by atoms with E-state index in [0.717, 1.165) is 51.9 Å². The molecule has 0 unspecified atom stereocenters. The summed E-state index contributed by atoms with van der Waals surface area (Å²) in [6.45, 7) is 7.26. The Labute approximate surface area is 191 Å². The van der Waals surface area contributed by atoms with Crippen LogP contribution in [0.1, 0.15) is 55.3 Å². The molecule has 32 heavy (non-hydrogen) atoms. The number of nitrogens with zero attached hydrogens (tertiary/aromatic N) is 3. The second kappa shape index (κ2) is 11.2. The number of hydrogen-bond acceptors (Lipinski definition) is 4. The van der Waals surface area contributed by atoms with E-state index in [-0.39, 0.29) is 23.3 Å². The van der Waals surface area contributed by atoms with Crippen molar-refractivity contribution in [3.05, 3.63) is 35.6 Å². The molecule has 0 radical (unpaired) electrons. The van der Waals surface area contributed by atoms with Gasteiger partial charge in [-0.05, 0) is 76.8 Å². The van der Waals surface area contributed by atoms with Gasteiger partial charge in [0, 0.05) is 38.1 Å². The molecule has 3 heterocycles. The maximum atomic E-state index is 13.9. The van der Waals surface area contributed by atoms with Crippen molar-refractivity contribution in [1.29, 1.82) is 0 Å². The van der Waals surface area contributed by atoms with E-state index in [1.165, 1.54) is 38.4 Å². The predicted octanol–water partition coefficient (Wildman–Crippen LogP) is 2.74. The average molecular weight is 445 g/mol. The van der Waals surface area contributed by atoms with E-state index in [0.29, 0.717) is 19.1 Å². The molecule has 3 fully saturated rings. The van der Waals surface area contributed by atoms with E-state index in [9.17, 15) is 14.0 Å². The van der Waals surface area contributed by atoms with Gasteiger partial charge in [0.05, 0.1) is 5.56 Å². The van der Waals surface area contributed by atoms with Crippen molar-refractivity contribution in [2.45, 2.75) is 51.0 Å². The number of amides is 2. The van der Waals surface area contributed by atoms with Crippen molar-refractivity contribution in [2.75, 3.05) is 52.4 Å². The van der Waals surface area contributed by atoms with Crippen molar-refractivity contribution in [2.24, 2.45) is 5.92 Å². The van der Waals surface area contributed by atoms with Crippen molar-refractivity contribution in [3.8, 4) is 0 Å². The van der Waals surface area contributed by atoms with Gasteiger partial charge in [-0.3, -0.25) is 9.59 Å². The summed E-state index contributed by atoms with van der Waals surface area (Å²) < 4.78 is 13.9. The molecule has 0 atom stereocenters. The third kappa shape index (κ3) is 5.87. The van der Waals surface area contributed by atoms with Gasteiger partial charge in [0.15, 0.2) is 0 Å². The van der Waals surface area contributed by atoms with Crippen LogP contribution < -0.4 is 5.32 Å². The van der Waals surface area contributed by atoms with Gasteiger partial charge in [0.1, 0.15) is 5.82 Å². The summed E-state index contributed by atoms with van der Waals surface area (Å²) in [5.74, 6) is -0.320. The topological polar surface area (TPSA) is 55.9 Å². The Morgan fingerprint density at radius 2 is 1.59 bits per heavy atom. The number of carbonyl (C=O) groups excluding carboxylic acids is 2. The van der Waals surface area contributed by atoms with Crippen LogP contribution in [0.4, 0.5) is 4.39 Å². The van der Waals surface area contributed by atoms with Gasteiger partial charge in [0.2, 0.25) is 5.91 Å². The minimum atomic E-state index is -0.448. The molecular weight excluding hydrogens is 407 g/mol. The first-order valence-corrected chi connectivity index (χ1v) is 12.4. The smallest absolute Gasteiger partial charge is 0.256 e. The van der Waals surface area contributed by atoms with Gasteiger partial charge in [-0.1, -0.05) is 18.6 Å². The number of nitrogens with one attached hydrogen (secondary N) is 1. The fraction of sp³-hybridized carbons (Fsp3) is 0.680. The fourth-order valence-electron chi connectivity index (χ4n) is 5.43. The summed E-state index contributed by atoms with van der Waals surface area (Å²) >= 11 is 0. The van der Waals surface area contributed by atoms with Gasteiger partial charge < -0.3 is 20.0 Å². The molecule has 4 rings (SSSR count). The number of carbonyl (C=O) groups is 2. The van der Waals surface area contributed by atoms with Crippen molar-refractivity contribution < 1.29 is 14.0 Å². The van der Waals surface area contributed by atoms with Crippen LogP contribution in [0.25, 0.3) is 0 Å². The third-order valence-electron chi connectivity index (χ3n) is 7.45. The molecule has 3 saturated heterocycles. The summed E-state index contributed by atoms with van der Waals surface area (Å²) in [5.41, 5.74) is 0.165. The monoisotopic (exact) mass is 444 g/mol. The minimum Gasteiger partial charge on any atom is -0.355 e. The van der Waals surface area contributed by atoms with Crippen molar-refractivity contribution >= 4 is 11.8 Å². The number of rotatable bonds is 6. The standard InChI is InChI=1S/C25H37FN4O2/c26-23-7-3-2-6-22(23)25(32)30-17-10-21(11-18-30)29-15-8-20(9-16-29)24(31)27-12-19-28-13-4-1-5-14-28/h2-3,6-7,20-21H,1,4-5,8-19H2,(H,27,31). The van der Waals surface area contributed by atoms with E-state index < -0.39 is 5.82 Å². The van der Waals surface area contributed by atoms with Crippen molar-refractivity contribution in [1.82, 2.24) is 20.0 Å². The molecular formula is C25H37FN4O2. The van der Waals surface area contributed by atoms with E-state index in [1.807, 2.05) is 0 Å². The molecule has 0 saturated carbocycles. The summed E-state index contributed by atoms with van der Waals surface area (Å²) in [4.78, 5) is 31.9. The molecule has 0 bridgehead atoms. The van der Waals surface area contributed by atoms with E-state index in [2.05, 4.69) is 15.1 Å². The van der Waals surface area contributed by atoms with Crippen LogP contribution in [0.3, 0.4) is 0 Å². The zero-order valence-corrected chi connectivity index (χ0v) is 19.1. The van der Waals surface area contributed by atoms with Crippen LogP contribution in [-0.4, -0.2) is 84.9 Å². The predicted molar refractivity (Wildman–Crippen MR) is 123 cm³/mol. The molecule has 1 N–H and O–H groups in total. The number of halogens is 1. The Bertz CT molecular complexity index is 767. The molecule has 0 aliphatic carbocycles. The highest BCUT2D eigenvalue weighted by atomic mass is 19.1. The first-order chi connectivity index (χ1) is 15.6. The van der Waals surface area contributed by atoms with Gasteiger partial charge in [0.25, 0.3) is 5.91 Å². The Morgan fingerprint density at radius 1 is 0.906 bits per heavy atom. The summed E-state index contributed by atoms with van der Waals surface area (Å²) in [5, 5.41) is 3.16. The number of benzene rings is 1. The number of likely N-dealkylation sites (tertiary alicyclic amines) is 3. The number of piperidine rings is 3. The lowest BCUT2D eigenvalue weighted by Crippen LogP contribution is -2.50. The maximum Gasteiger partial charge on any atom is 0.256 e. The summed E-state index contributed by atoms with van der Waals surface area (Å²) in [7, 11) is 0. The Balaban J connectivity index is 1.15. The summed E-state index contributed by atoms with van der Waals surface area (Å²) in [6.07, 6.45) is 7.53. The second-order valence-corrected chi connectivity index (χ2v) is 9.51. The fourth-order valence-corrected chi connectivity index (χ4v) is 5.43. The molecule has 7 heteroatoms. The van der Waals surface area contributed by atoms with Crippen LogP contribution in [0.15, 0.2) is 24.3 Å². The molecule has 2 amide bonds. The van der Waals surface area contributed by atoms with Gasteiger partial charge in [-0.2, -0.15) is 0 Å². The molecule has 6 nitrogen and oxygen atoms in total. The lowest BCUT2D eigenvalue weighted by atomic mass is 9.92. The van der Waals surface area contributed by atoms with Crippen LogP contribution in [0, 0.1) is 11.7 Å². The third-order valence-corrected chi connectivity index (χ3v) is 7.45. The molecule has 3 aliphatic heterocycles. The SMILES string of the molecule is O=C(NCCN1CCCCC1)C1CCN(C2CCN(C(=O)c3ccccc3F)CC2)CC1. The summed E-state index contributed by atoms with van der Waals surface area (Å²) in [6, 6.07) is 6.66. The Hall–Kier alpha value is -1.99. The maximum absolute atomic E-state index is 13.9. The second-order valence-electron chi connectivity index (χ2n) is 9.51. The highest BCUT2D eigenvalue weighted by Gasteiger charge is 2.32.